The van der Waals surface area contributed by atoms with E-state index in [2.05, 4.69) is 14.9 Å². The van der Waals surface area contributed by atoms with E-state index in [9.17, 15) is 9.18 Å². The first-order chi connectivity index (χ1) is 17.2. The summed E-state index contributed by atoms with van der Waals surface area (Å²) in [5, 5.41) is 3.51. The first kappa shape index (κ1) is 29.0. The number of amides is 1. The molecule has 2 N–H and O–H groups in total. The van der Waals surface area contributed by atoms with Crippen LogP contribution in [0.5, 0.6) is 0 Å². The molecule has 1 aliphatic carbocycles. The van der Waals surface area contributed by atoms with Gasteiger partial charge in [0, 0.05) is 28.7 Å². The molecular formula is C26H34ClF2N3O2S2. The van der Waals surface area contributed by atoms with Gasteiger partial charge in [0.15, 0.2) is 0 Å². The van der Waals surface area contributed by atoms with Crippen molar-refractivity contribution < 1.29 is 18.3 Å². The Kier molecular flexibility index (Phi) is 11.2. The van der Waals surface area contributed by atoms with Crippen LogP contribution in [0, 0.1) is 11.6 Å². The maximum Gasteiger partial charge on any atom is 0.262 e. The molecule has 1 saturated carbocycles. The predicted molar refractivity (Wildman–Crippen MR) is 146 cm³/mol. The van der Waals surface area contributed by atoms with Gasteiger partial charge in [-0.2, -0.15) is 0 Å². The highest BCUT2D eigenvalue weighted by atomic mass is 35.5. The maximum absolute atomic E-state index is 15.1. The van der Waals surface area contributed by atoms with E-state index in [-0.39, 0.29) is 28.5 Å². The topological polar surface area (TPSA) is 53.6 Å². The molecule has 0 bridgehead atoms. The first-order valence-corrected chi connectivity index (χ1v) is 14.2. The number of nitrogens with zero attached hydrogens (tertiary/aromatic N) is 1. The Balaban J connectivity index is 1.65. The quantitative estimate of drug-likeness (QED) is 0.226. The van der Waals surface area contributed by atoms with Gasteiger partial charge in [0.2, 0.25) is 0 Å². The zero-order valence-electron chi connectivity index (χ0n) is 20.9. The Labute approximate surface area is 226 Å². The van der Waals surface area contributed by atoms with Gasteiger partial charge < -0.3 is 15.0 Å². The van der Waals surface area contributed by atoms with Crippen molar-refractivity contribution >= 4 is 46.9 Å². The van der Waals surface area contributed by atoms with Crippen molar-refractivity contribution in [1.29, 1.82) is 0 Å². The van der Waals surface area contributed by atoms with Crippen LogP contribution in [0.25, 0.3) is 0 Å². The van der Waals surface area contributed by atoms with Crippen molar-refractivity contribution in [2.75, 3.05) is 38.8 Å². The van der Waals surface area contributed by atoms with E-state index in [1.807, 2.05) is 14.1 Å². The molecule has 0 saturated heterocycles. The minimum atomic E-state index is -0.822. The van der Waals surface area contributed by atoms with Crippen LogP contribution >= 0.6 is 35.3 Å². The van der Waals surface area contributed by atoms with Gasteiger partial charge in [-0.1, -0.05) is 30.9 Å². The van der Waals surface area contributed by atoms with Gasteiger partial charge in [0.05, 0.1) is 10.7 Å². The zero-order chi connectivity index (χ0) is 26.1. The third-order valence-electron chi connectivity index (χ3n) is 6.28. The number of ether oxygens (including phenoxy) is 1. The maximum atomic E-state index is 15.1. The number of benzene rings is 2. The number of carbonyl (C=O) groups is 1. The fraction of sp³-hybridized carbons (Fsp3) is 0.500. The number of methoxy groups -OCH3 is 1. The summed E-state index contributed by atoms with van der Waals surface area (Å²) < 4.78 is 36.8. The van der Waals surface area contributed by atoms with Crippen LogP contribution in [0.4, 0.5) is 14.5 Å². The van der Waals surface area contributed by atoms with Crippen LogP contribution in [-0.2, 0) is 9.53 Å². The molecule has 2 aromatic carbocycles. The van der Waals surface area contributed by atoms with E-state index in [1.54, 1.807) is 37.1 Å². The summed E-state index contributed by atoms with van der Waals surface area (Å²) in [7, 11) is 5.53. The highest BCUT2D eigenvalue weighted by Gasteiger charge is 2.39. The van der Waals surface area contributed by atoms with Crippen molar-refractivity contribution in [1.82, 2.24) is 9.62 Å². The third-order valence-corrected chi connectivity index (χ3v) is 8.51. The highest BCUT2D eigenvalue weighted by Crippen LogP contribution is 2.35. The number of halogens is 3. The zero-order valence-corrected chi connectivity index (χ0v) is 23.3. The van der Waals surface area contributed by atoms with Crippen LogP contribution < -0.4 is 10.0 Å². The number of anilines is 1. The SMILES string of the molecule is COC1(C(=O)NSc2cc(F)c(NC(CCN(C)C)CSc3ccc(F)cc3)c(Cl)c2)CCCCC1. The first-order valence-electron chi connectivity index (χ1n) is 12.0. The number of carbonyl (C=O) groups excluding carboxylic acids is 1. The normalized spacial score (nSPS) is 16.1. The van der Waals surface area contributed by atoms with E-state index in [0.29, 0.717) is 23.5 Å². The van der Waals surface area contributed by atoms with Gasteiger partial charge in [-0.3, -0.25) is 9.52 Å². The van der Waals surface area contributed by atoms with Crippen molar-refractivity contribution in [3.8, 4) is 0 Å². The van der Waals surface area contributed by atoms with Crippen LogP contribution in [-0.4, -0.2) is 56.0 Å². The Morgan fingerprint density at radius 2 is 1.83 bits per heavy atom. The molecule has 1 amide bonds. The van der Waals surface area contributed by atoms with Gasteiger partial charge >= 0.3 is 0 Å². The molecule has 0 spiro atoms. The molecule has 0 radical (unpaired) electrons. The van der Waals surface area contributed by atoms with Gasteiger partial charge in [-0.05, 0) is 88.2 Å². The lowest BCUT2D eigenvalue weighted by atomic mass is 9.84. The van der Waals surface area contributed by atoms with E-state index in [0.717, 1.165) is 49.1 Å². The Morgan fingerprint density at radius 3 is 2.44 bits per heavy atom. The van der Waals surface area contributed by atoms with Gasteiger partial charge in [0.1, 0.15) is 17.2 Å². The van der Waals surface area contributed by atoms with E-state index >= 15 is 4.39 Å². The van der Waals surface area contributed by atoms with Crippen LogP contribution in [0.3, 0.4) is 0 Å². The summed E-state index contributed by atoms with van der Waals surface area (Å²) in [4.78, 5) is 16.3. The summed E-state index contributed by atoms with van der Waals surface area (Å²) in [6.45, 7) is 0.808. The minimum absolute atomic E-state index is 0.0690. The van der Waals surface area contributed by atoms with Gasteiger partial charge in [-0.25, -0.2) is 8.78 Å². The molecule has 1 atom stereocenters. The molecule has 1 fully saturated rings. The Hall–Kier alpha value is -1.52. The largest absolute Gasteiger partial charge is 0.378 e. The minimum Gasteiger partial charge on any atom is -0.378 e. The number of thioether (sulfide) groups is 1. The molecule has 5 nitrogen and oxygen atoms in total. The molecule has 0 aliphatic heterocycles. The van der Waals surface area contributed by atoms with Crippen molar-refractivity contribution in [2.24, 2.45) is 0 Å². The summed E-state index contributed by atoms with van der Waals surface area (Å²) in [6, 6.07) is 9.28. The second-order valence-corrected chi connectivity index (χ2v) is 11.6. The third kappa shape index (κ3) is 8.25. The lowest BCUT2D eigenvalue weighted by Crippen LogP contribution is -2.47. The number of nitrogens with one attached hydrogen (secondary N) is 2. The molecular weight excluding hydrogens is 524 g/mol. The van der Waals surface area contributed by atoms with Crippen LogP contribution in [0.15, 0.2) is 46.2 Å². The second-order valence-electron chi connectivity index (χ2n) is 9.25. The summed E-state index contributed by atoms with van der Waals surface area (Å²) in [5.41, 5.74) is -0.590. The molecule has 0 heterocycles. The second kappa shape index (κ2) is 13.9. The number of hydrogen-bond acceptors (Lipinski definition) is 6. The summed E-state index contributed by atoms with van der Waals surface area (Å²) >= 11 is 9.10. The highest BCUT2D eigenvalue weighted by molar-refractivity contribution is 7.99. The molecule has 2 aromatic rings. The average molecular weight is 558 g/mol. The summed E-state index contributed by atoms with van der Waals surface area (Å²) in [6.07, 6.45) is 5.11. The van der Waals surface area contributed by atoms with E-state index < -0.39 is 11.4 Å². The Morgan fingerprint density at radius 1 is 1.14 bits per heavy atom. The summed E-state index contributed by atoms with van der Waals surface area (Å²) in [5.74, 6) is -0.309. The van der Waals surface area contributed by atoms with E-state index in [4.69, 9.17) is 16.3 Å². The Bertz CT molecular complexity index is 982. The van der Waals surface area contributed by atoms with Gasteiger partial charge in [0.25, 0.3) is 5.91 Å². The molecule has 10 heteroatoms. The monoisotopic (exact) mass is 557 g/mol. The van der Waals surface area contributed by atoms with Crippen molar-refractivity contribution in [3.05, 3.63) is 53.1 Å². The molecule has 36 heavy (non-hydrogen) atoms. The lowest BCUT2D eigenvalue weighted by Gasteiger charge is -2.34. The molecule has 1 aliphatic rings. The van der Waals surface area contributed by atoms with Crippen LogP contribution in [0.1, 0.15) is 38.5 Å². The molecule has 1 unspecified atom stereocenters. The molecule has 3 rings (SSSR count). The average Bonchev–Trinajstić information content (AvgIpc) is 2.87. The number of hydrogen-bond donors (Lipinski definition) is 2. The van der Waals surface area contributed by atoms with E-state index in [1.165, 1.54) is 18.2 Å². The van der Waals surface area contributed by atoms with Crippen LogP contribution in [0.2, 0.25) is 5.02 Å². The fourth-order valence-electron chi connectivity index (χ4n) is 4.13. The fourth-order valence-corrected chi connectivity index (χ4v) is 6.17. The van der Waals surface area contributed by atoms with Gasteiger partial charge in [-0.15, -0.1) is 11.8 Å². The van der Waals surface area contributed by atoms with Crippen molar-refractivity contribution in [2.45, 2.75) is 60.0 Å². The van der Waals surface area contributed by atoms with Crippen molar-refractivity contribution in [3.63, 3.8) is 0 Å². The lowest BCUT2D eigenvalue weighted by molar-refractivity contribution is -0.145. The predicted octanol–water partition coefficient (Wildman–Crippen LogP) is 6.62. The standard InChI is InChI=1S/C26H34ClF2N3O2S2/c1-32(2)14-11-19(17-35-20-9-7-18(28)8-10-20)30-24-22(27)15-21(16-23(24)29)36-31-25(33)26(34-3)12-5-4-6-13-26/h7-10,15-16,19,30H,4-6,11-14,17H2,1-3H3,(H,31,33). The smallest absolute Gasteiger partial charge is 0.262 e. The molecule has 198 valence electrons. The molecule has 0 aromatic heterocycles. The number of rotatable bonds is 12.